The van der Waals surface area contributed by atoms with E-state index in [4.69, 9.17) is 5.11 Å². The summed E-state index contributed by atoms with van der Waals surface area (Å²) in [5, 5.41) is 8.93. The van der Waals surface area contributed by atoms with Crippen LogP contribution in [-0.4, -0.2) is 16.1 Å². The number of carbonyl (C=O) groups is 1. The number of benzene rings is 1. The van der Waals surface area contributed by atoms with Gasteiger partial charge < -0.3 is 10.1 Å². The van der Waals surface area contributed by atoms with Crippen LogP contribution < -0.4 is 0 Å². The summed E-state index contributed by atoms with van der Waals surface area (Å²) in [7, 11) is 0. The van der Waals surface area contributed by atoms with Crippen molar-refractivity contribution in [2.75, 3.05) is 0 Å². The van der Waals surface area contributed by atoms with Crippen LogP contribution in [-0.2, 0) is 11.2 Å². The van der Waals surface area contributed by atoms with Crippen LogP contribution in [0.3, 0.4) is 0 Å². The van der Waals surface area contributed by atoms with Crippen molar-refractivity contribution in [3.8, 4) is 11.1 Å². The summed E-state index contributed by atoms with van der Waals surface area (Å²) in [6.07, 6.45) is 2.37. The summed E-state index contributed by atoms with van der Waals surface area (Å²) >= 11 is 0. The predicted molar refractivity (Wildman–Crippen MR) is 66.7 cm³/mol. The summed E-state index contributed by atoms with van der Waals surface area (Å²) in [5.74, 6) is -1.14. The fourth-order valence-corrected chi connectivity index (χ4v) is 1.85. The number of aromatic nitrogens is 1. The maximum Gasteiger partial charge on any atom is 0.306 e. The molecule has 2 rings (SSSR count). The van der Waals surface area contributed by atoms with E-state index in [1.165, 1.54) is 0 Å². The van der Waals surface area contributed by atoms with Crippen molar-refractivity contribution >= 4 is 5.97 Å². The Morgan fingerprint density at radius 1 is 1.29 bits per heavy atom. The van der Waals surface area contributed by atoms with E-state index >= 15 is 0 Å². The van der Waals surface area contributed by atoms with Crippen molar-refractivity contribution in [3.05, 3.63) is 48.3 Å². The lowest BCUT2D eigenvalue weighted by molar-refractivity contribution is -0.141. The molecule has 1 atom stereocenters. The van der Waals surface area contributed by atoms with Gasteiger partial charge in [0, 0.05) is 23.9 Å². The zero-order valence-corrected chi connectivity index (χ0v) is 9.68. The van der Waals surface area contributed by atoms with Gasteiger partial charge in [-0.05, 0) is 11.6 Å². The van der Waals surface area contributed by atoms with Gasteiger partial charge in [0.15, 0.2) is 0 Å². The van der Waals surface area contributed by atoms with Crippen LogP contribution in [0.1, 0.15) is 12.6 Å². The summed E-state index contributed by atoms with van der Waals surface area (Å²) in [5.41, 5.74) is 3.17. The number of rotatable bonds is 4. The molecule has 1 aromatic heterocycles. The summed E-state index contributed by atoms with van der Waals surface area (Å²) in [4.78, 5) is 14.0. The van der Waals surface area contributed by atoms with Crippen LogP contribution in [0.5, 0.6) is 0 Å². The third kappa shape index (κ3) is 2.56. The first-order chi connectivity index (χ1) is 8.18. The van der Waals surface area contributed by atoms with Crippen LogP contribution >= 0.6 is 0 Å². The number of hydrogen-bond acceptors (Lipinski definition) is 1. The maximum absolute atomic E-state index is 10.9. The molecule has 88 valence electrons. The lowest BCUT2D eigenvalue weighted by Gasteiger charge is -2.07. The second-order valence-electron chi connectivity index (χ2n) is 4.18. The highest BCUT2D eigenvalue weighted by molar-refractivity contribution is 5.71. The Morgan fingerprint density at radius 2 is 2.00 bits per heavy atom. The normalized spacial score (nSPS) is 12.3. The molecule has 2 aromatic rings. The highest BCUT2D eigenvalue weighted by Crippen LogP contribution is 2.24. The van der Waals surface area contributed by atoms with Gasteiger partial charge in [0.1, 0.15) is 0 Å². The van der Waals surface area contributed by atoms with Crippen LogP contribution in [0.2, 0.25) is 0 Å². The molecule has 1 unspecified atom stereocenters. The largest absolute Gasteiger partial charge is 0.481 e. The Balaban J connectivity index is 2.26. The Morgan fingerprint density at radius 3 is 2.65 bits per heavy atom. The van der Waals surface area contributed by atoms with E-state index in [-0.39, 0.29) is 5.92 Å². The molecule has 2 N–H and O–H groups in total. The Labute approximate surface area is 100 Å². The van der Waals surface area contributed by atoms with Gasteiger partial charge in [0.05, 0.1) is 5.92 Å². The average Bonchev–Trinajstić information content (AvgIpc) is 2.78. The van der Waals surface area contributed by atoms with Crippen molar-refractivity contribution in [2.45, 2.75) is 13.3 Å². The SMILES string of the molecule is CC(Cc1[nH]ccc1-c1ccccc1)C(=O)O. The molecule has 0 aliphatic heterocycles. The molecule has 0 spiro atoms. The van der Waals surface area contributed by atoms with Gasteiger partial charge in [-0.2, -0.15) is 0 Å². The first kappa shape index (κ1) is 11.5. The van der Waals surface area contributed by atoms with Crippen molar-refractivity contribution in [2.24, 2.45) is 5.92 Å². The molecule has 0 saturated carbocycles. The van der Waals surface area contributed by atoms with E-state index < -0.39 is 5.97 Å². The maximum atomic E-state index is 10.9. The number of nitrogens with one attached hydrogen (secondary N) is 1. The third-order valence-corrected chi connectivity index (χ3v) is 2.85. The molecule has 17 heavy (non-hydrogen) atoms. The Hall–Kier alpha value is -2.03. The quantitative estimate of drug-likeness (QED) is 0.846. The molecule has 0 amide bonds. The van der Waals surface area contributed by atoms with Crippen molar-refractivity contribution < 1.29 is 9.90 Å². The van der Waals surface area contributed by atoms with E-state index in [0.29, 0.717) is 6.42 Å². The summed E-state index contributed by atoms with van der Waals surface area (Å²) < 4.78 is 0. The van der Waals surface area contributed by atoms with Gasteiger partial charge in [-0.25, -0.2) is 0 Å². The van der Waals surface area contributed by atoms with E-state index in [1.807, 2.05) is 42.6 Å². The zero-order chi connectivity index (χ0) is 12.3. The van der Waals surface area contributed by atoms with Crippen molar-refractivity contribution in [1.29, 1.82) is 0 Å². The number of aromatic amines is 1. The first-order valence-corrected chi connectivity index (χ1v) is 5.63. The molecule has 1 aromatic carbocycles. The predicted octanol–water partition coefficient (Wildman–Crippen LogP) is 2.94. The van der Waals surface area contributed by atoms with Crippen LogP contribution in [0.15, 0.2) is 42.6 Å². The molecular formula is C14H15NO2. The minimum absolute atomic E-state index is 0.379. The second kappa shape index (κ2) is 4.87. The number of aliphatic carboxylic acids is 1. The number of hydrogen-bond donors (Lipinski definition) is 2. The molecule has 0 radical (unpaired) electrons. The van der Waals surface area contributed by atoms with Gasteiger partial charge in [-0.15, -0.1) is 0 Å². The van der Waals surface area contributed by atoms with Gasteiger partial charge >= 0.3 is 5.97 Å². The average molecular weight is 229 g/mol. The van der Waals surface area contributed by atoms with Gasteiger partial charge in [0.2, 0.25) is 0 Å². The molecule has 3 nitrogen and oxygen atoms in total. The van der Waals surface area contributed by atoms with Crippen LogP contribution in [0.25, 0.3) is 11.1 Å². The fraction of sp³-hybridized carbons (Fsp3) is 0.214. The molecule has 0 aliphatic carbocycles. The minimum Gasteiger partial charge on any atom is -0.481 e. The number of H-pyrrole nitrogens is 1. The molecule has 1 heterocycles. The Kier molecular flexibility index (Phi) is 3.28. The zero-order valence-electron chi connectivity index (χ0n) is 9.68. The lowest BCUT2D eigenvalue weighted by atomic mass is 9.99. The van der Waals surface area contributed by atoms with Crippen molar-refractivity contribution in [1.82, 2.24) is 4.98 Å². The minimum atomic E-state index is -0.765. The van der Waals surface area contributed by atoms with Gasteiger partial charge in [-0.3, -0.25) is 4.79 Å². The second-order valence-corrected chi connectivity index (χ2v) is 4.18. The van der Waals surface area contributed by atoms with Crippen LogP contribution in [0.4, 0.5) is 0 Å². The van der Waals surface area contributed by atoms with Crippen molar-refractivity contribution in [3.63, 3.8) is 0 Å². The Bertz CT molecular complexity index is 502. The topological polar surface area (TPSA) is 53.1 Å². The highest BCUT2D eigenvalue weighted by Gasteiger charge is 2.15. The van der Waals surface area contributed by atoms with E-state index in [2.05, 4.69) is 4.98 Å². The molecule has 0 bridgehead atoms. The van der Waals surface area contributed by atoms with E-state index in [1.54, 1.807) is 6.92 Å². The van der Waals surface area contributed by atoms with Crippen LogP contribution in [0, 0.1) is 5.92 Å². The van der Waals surface area contributed by atoms with E-state index in [9.17, 15) is 4.79 Å². The third-order valence-electron chi connectivity index (χ3n) is 2.85. The van der Waals surface area contributed by atoms with Gasteiger partial charge in [-0.1, -0.05) is 37.3 Å². The summed E-state index contributed by atoms with van der Waals surface area (Å²) in [6.45, 7) is 1.72. The van der Waals surface area contributed by atoms with E-state index in [0.717, 1.165) is 16.8 Å². The highest BCUT2D eigenvalue weighted by atomic mass is 16.4. The number of carboxylic acids is 1. The standard InChI is InChI=1S/C14H15NO2/c1-10(14(16)17)9-13-12(7-8-15-13)11-5-3-2-4-6-11/h2-8,10,15H,9H2,1H3,(H,16,17). The monoisotopic (exact) mass is 229 g/mol. The molecular weight excluding hydrogens is 214 g/mol. The first-order valence-electron chi connectivity index (χ1n) is 5.63. The summed E-state index contributed by atoms with van der Waals surface area (Å²) in [6, 6.07) is 12.0. The lowest BCUT2D eigenvalue weighted by Crippen LogP contribution is -2.12. The molecule has 0 aliphatic rings. The molecule has 0 fully saturated rings. The fourth-order valence-electron chi connectivity index (χ4n) is 1.85. The smallest absolute Gasteiger partial charge is 0.306 e. The molecule has 0 saturated heterocycles. The molecule has 3 heteroatoms. The number of carboxylic acid groups (broad SMARTS) is 1. The van der Waals surface area contributed by atoms with Gasteiger partial charge in [0.25, 0.3) is 0 Å².